The molecule has 0 aliphatic rings. The number of methoxy groups -OCH3 is 1. The van der Waals surface area contributed by atoms with Gasteiger partial charge in [0, 0.05) is 23.5 Å². The molecule has 4 nitrogen and oxygen atoms in total. The minimum Gasteiger partial charge on any atom is -0.496 e. The normalized spacial score (nSPS) is 12.5. The molecule has 0 fully saturated rings. The van der Waals surface area contributed by atoms with Crippen LogP contribution in [-0.4, -0.2) is 22.0 Å². The molecule has 1 atom stereocenters. The van der Waals surface area contributed by atoms with Gasteiger partial charge in [0.25, 0.3) is 0 Å². The molecule has 0 saturated heterocycles. The molecular weight excluding hydrogens is 356 g/mol. The van der Waals surface area contributed by atoms with Crippen LogP contribution in [0.25, 0.3) is 0 Å². The van der Waals surface area contributed by atoms with Gasteiger partial charge >= 0.3 is 0 Å². The predicted molar refractivity (Wildman–Crippen MR) is 87.0 cm³/mol. The van der Waals surface area contributed by atoms with E-state index < -0.39 is 6.10 Å². The summed E-state index contributed by atoms with van der Waals surface area (Å²) < 4.78 is 7.93. The maximum atomic E-state index is 10.5. The summed E-state index contributed by atoms with van der Waals surface area (Å²) in [6.45, 7) is 2.01. The highest BCUT2D eigenvalue weighted by atomic mass is 79.9. The summed E-state index contributed by atoms with van der Waals surface area (Å²) in [7, 11) is 3.43. The largest absolute Gasteiger partial charge is 0.496 e. The number of rotatable bonds is 5. The zero-order chi connectivity index (χ0) is 15.6. The van der Waals surface area contributed by atoms with Crippen LogP contribution in [0, 0.1) is 0 Å². The van der Waals surface area contributed by atoms with E-state index in [-0.39, 0.29) is 0 Å². The van der Waals surface area contributed by atoms with Gasteiger partial charge in [0.2, 0.25) is 0 Å². The van der Waals surface area contributed by atoms with Crippen LogP contribution in [0.1, 0.15) is 30.0 Å². The van der Waals surface area contributed by atoms with Gasteiger partial charge in [0.1, 0.15) is 5.75 Å². The van der Waals surface area contributed by atoms with Crippen molar-refractivity contribution in [1.82, 2.24) is 9.78 Å². The third-order valence-electron chi connectivity index (χ3n) is 3.44. The Morgan fingerprint density at radius 3 is 2.76 bits per heavy atom. The molecule has 0 aliphatic heterocycles. The molecule has 0 spiro atoms. The van der Waals surface area contributed by atoms with Gasteiger partial charge in [0.05, 0.1) is 29.6 Å². The van der Waals surface area contributed by atoms with Crippen LogP contribution in [-0.2, 0) is 19.9 Å². The van der Waals surface area contributed by atoms with Gasteiger partial charge in [-0.05, 0) is 24.6 Å². The first-order chi connectivity index (χ1) is 9.97. The number of hydrogen-bond donors (Lipinski definition) is 1. The van der Waals surface area contributed by atoms with Crippen LogP contribution < -0.4 is 4.74 Å². The molecule has 0 aliphatic carbocycles. The lowest BCUT2D eigenvalue weighted by Gasteiger charge is -2.15. The second-order valence-electron chi connectivity index (χ2n) is 4.79. The molecule has 114 valence electrons. The summed E-state index contributed by atoms with van der Waals surface area (Å²) in [5.74, 6) is 0.653. The van der Waals surface area contributed by atoms with Crippen LogP contribution in [0.3, 0.4) is 0 Å². The van der Waals surface area contributed by atoms with Crippen molar-refractivity contribution in [3.8, 4) is 5.75 Å². The standard InChI is InChI=1S/C15H18BrClN2O2/c1-4-11-15(17)12(19(2)18-11)8-13(20)10-7-9(16)5-6-14(10)21-3/h5-7,13,20H,4,8H2,1-3H3. The van der Waals surface area contributed by atoms with E-state index in [2.05, 4.69) is 21.0 Å². The average Bonchev–Trinajstić information content (AvgIpc) is 2.74. The number of aromatic nitrogens is 2. The van der Waals surface area contributed by atoms with Crippen molar-refractivity contribution in [2.45, 2.75) is 25.9 Å². The quantitative estimate of drug-likeness (QED) is 0.869. The minimum atomic E-state index is -0.713. The van der Waals surface area contributed by atoms with Crippen molar-refractivity contribution in [3.05, 3.63) is 44.6 Å². The highest BCUT2D eigenvalue weighted by molar-refractivity contribution is 9.10. The number of benzene rings is 1. The van der Waals surface area contributed by atoms with E-state index in [1.165, 1.54) is 0 Å². The van der Waals surface area contributed by atoms with E-state index in [4.69, 9.17) is 16.3 Å². The molecule has 6 heteroatoms. The van der Waals surface area contributed by atoms with E-state index in [1.54, 1.807) is 11.8 Å². The van der Waals surface area contributed by atoms with Crippen LogP contribution in [0.15, 0.2) is 22.7 Å². The number of aliphatic hydroxyl groups is 1. The molecule has 1 heterocycles. The number of hydrogen-bond acceptors (Lipinski definition) is 3. The van der Waals surface area contributed by atoms with Crippen molar-refractivity contribution < 1.29 is 9.84 Å². The fourth-order valence-electron chi connectivity index (χ4n) is 2.30. The molecule has 1 aromatic carbocycles. The van der Waals surface area contributed by atoms with Gasteiger partial charge in [-0.1, -0.05) is 34.5 Å². The first-order valence-corrected chi connectivity index (χ1v) is 7.86. The Morgan fingerprint density at radius 2 is 2.19 bits per heavy atom. The van der Waals surface area contributed by atoms with Crippen LogP contribution in [0.5, 0.6) is 5.75 Å². The second kappa shape index (κ2) is 6.81. The summed E-state index contributed by atoms with van der Waals surface area (Å²) in [5.41, 5.74) is 2.40. The van der Waals surface area contributed by atoms with E-state index in [0.29, 0.717) is 17.2 Å². The number of ether oxygens (including phenoxy) is 1. The maximum Gasteiger partial charge on any atom is 0.124 e. The Morgan fingerprint density at radius 1 is 1.48 bits per heavy atom. The molecule has 1 unspecified atom stereocenters. The van der Waals surface area contributed by atoms with E-state index in [1.807, 2.05) is 32.2 Å². The molecule has 2 aromatic rings. The third-order valence-corrected chi connectivity index (χ3v) is 4.37. The summed E-state index contributed by atoms with van der Waals surface area (Å²) in [5, 5.41) is 15.5. The molecule has 0 radical (unpaired) electrons. The molecule has 1 N–H and O–H groups in total. The molecule has 0 saturated carbocycles. The van der Waals surface area contributed by atoms with Gasteiger partial charge in [-0.3, -0.25) is 4.68 Å². The highest BCUT2D eigenvalue weighted by Crippen LogP contribution is 2.32. The van der Waals surface area contributed by atoms with Crippen LogP contribution >= 0.6 is 27.5 Å². The molecule has 21 heavy (non-hydrogen) atoms. The Kier molecular flexibility index (Phi) is 5.30. The maximum absolute atomic E-state index is 10.5. The van der Waals surface area contributed by atoms with Crippen molar-refractivity contribution in [2.24, 2.45) is 7.05 Å². The zero-order valence-electron chi connectivity index (χ0n) is 12.2. The topological polar surface area (TPSA) is 47.3 Å². The first-order valence-electron chi connectivity index (χ1n) is 6.69. The smallest absolute Gasteiger partial charge is 0.124 e. The van der Waals surface area contributed by atoms with Gasteiger partial charge in [-0.15, -0.1) is 0 Å². The summed E-state index contributed by atoms with van der Waals surface area (Å²) >= 11 is 9.74. The average molecular weight is 374 g/mol. The Hall–Kier alpha value is -1.04. The third kappa shape index (κ3) is 3.42. The SMILES string of the molecule is CCc1nn(C)c(CC(O)c2cc(Br)ccc2OC)c1Cl. The Balaban J connectivity index is 2.32. The second-order valence-corrected chi connectivity index (χ2v) is 6.08. The molecule has 0 amide bonds. The van der Waals surface area contributed by atoms with Gasteiger partial charge < -0.3 is 9.84 Å². The first kappa shape index (κ1) is 16.3. The minimum absolute atomic E-state index is 0.384. The van der Waals surface area contributed by atoms with E-state index in [0.717, 1.165) is 27.8 Å². The van der Waals surface area contributed by atoms with Gasteiger partial charge in [0.15, 0.2) is 0 Å². The van der Waals surface area contributed by atoms with Crippen molar-refractivity contribution >= 4 is 27.5 Å². The molecular formula is C15H18BrClN2O2. The summed E-state index contributed by atoms with van der Waals surface area (Å²) in [6.07, 6.45) is 0.438. The fourth-order valence-corrected chi connectivity index (χ4v) is 3.05. The fraction of sp³-hybridized carbons (Fsp3) is 0.400. The van der Waals surface area contributed by atoms with Crippen molar-refractivity contribution in [2.75, 3.05) is 7.11 Å². The lowest BCUT2D eigenvalue weighted by molar-refractivity contribution is 0.171. The molecule has 2 rings (SSSR count). The number of aryl methyl sites for hydroxylation is 2. The van der Waals surface area contributed by atoms with E-state index >= 15 is 0 Å². The predicted octanol–water partition coefficient (Wildman–Crippen LogP) is 3.68. The van der Waals surface area contributed by atoms with Gasteiger partial charge in [-0.2, -0.15) is 5.10 Å². The lowest BCUT2D eigenvalue weighted by atomic mass is 10.0. The molecule has 0 bridgehead atoms. The van der Waals surface area contributed by atoms with Gasteiger partial charge in [-0.25, -0.2) is 0 Å². The zero-order valence-corrected chi connectivity index (χ0v) is 14.6. The van der Waals surface area contributed by atoms with Crippen molar-refractivity contribution in [1.29, 1.82) is 0 Å². The van der Waals surface area contributed by atoms with Crippen LogP contribution in [0.2, 0.25) is 5.02 Å². The highest BCUT2D eigenvalue weighted by Gasteiger charge is 2.20. The Labute approximate surface area is 137 Å². The molecule has 1 aromatic heterocycles. The number of halogens is 2. The van der Waals surface area contributed by atoms with E-state index in [9.17, 15) is 5.11 Å². The monoisotopic (exact) mass is 372 g/mol. The van der Waals surface area contributed by atoms with Crippen LogP contribution in [0.4, 0.5) is 0 Å². The number of aliphatic hydroxyl groups excluding tert-OH is 1. The summed E-state index contributed by atoms with van der Waals surface area (Å²) in [6, 6.07) is 5.56. The number of nitrogens with zero attached hydrogens (tertiary/aromatic N) is 2. The Bertz CT molecular complexity index is 643. The van der Waals surface area contributed by atoms with Crippen molar-refractivity contribution in [3.63, 3.8) is 0 Å². The lowest BCUT2D eigenvalue weighted by Crippen LogP contribution is -2.08. The summed E-state index contributed by atoms with van der Waals surface area (Å²) in [4.78, 5) is 0.